The minimum Gasteiger partial charge on any atom is -0.399 e. The maximum Gasteiger partial charge on any atom is 0.0897 e. The topological polar surface area (TPSA) is 50.9 Å². The van der Waals surface area contributed by atoms with Crippen molar-refractivity contribution in [3.05, 3.63) is 45.4 Å². The van der Waals surface area contributed by atoms with Crippen LogP contribution in [0.25, 0.3) is 0 Å². The fourth-order valence-electron chi connectivity index (χ4n) is 1.62. The number of nitrogen functional groups attached to an aromatic ring is 1. The standard InChI is InChI=1S/C13H17N3S/c1-9-3-4-11(5-13(9)14)6-15-7-12-8-16-10(2)17-12/h3-5,8,15H,6-7,14H2,1-2H3. The number of hydrogen-bond acceptors (Lipinski definition) is 4. The van der Waals surface area contributed by atoms with Crippen molar-refractivity contribution < 1.29 is 0 Å². The van der Waals surface area contributed by atoms with E-state index in [1.165, 1.54) is 10.4 Å². The number of benzene rings is 1. The molecule has 1 heterocycles. The maximum absolute atomic E-state index is 5.87. The molecule has 3 nitrogen and oxygen atoms in total. The Balaban J connectivity index is 1.87. The first kappa shape index (κ1) is 12.1. The van der Waals surface area contributed by atoms with Gasteiger partial charge in [0.25, 0.3) is 0 Å². The zero-order valence-corrected chi connectivity index (χ0v) is 11.0. The van der Waals surface area contributed by atoms with Crippen molar-refractivity contribution in [2.45, 2.75) is 26.9 Å². The molecule has 0 amide bonds. The Morgan fingerprint density at radius 1 is 1.29 bits per heavy atom. The lowest BCUT2D eigenvalue weighted by Crippen LogP contribution is -2.12. The van der Waals surface area contributed by atoms with E-state index in [4.69, 9.17) is 5.73 Å². The van der Waals surface area contributed by atoms with Crippen LogP contribution in [-0.2, 0) is 13.1 Å². The normalized spacial score (nSPS) is 10.7. The predicted octanol–water partition coefficient (Wildman–Crippen LogP) is 2.63. The molecule has 0 aliphatic carbocycles. The minimum absolute atomic E-state index is 0.835. The van der Waals surface area contributed by atoms with Gasteiger partial charge in [-0.05, 0) is 31.0 Å². The summed E-state index contributed by atoms with van der Waals surface area (Å²) in [5.74, 6) is 0. The quantitative estimate of drug-likeness (QED) is 0.817. The largest absolute Gasteiger partial charge is 0.399 e. The molecule has 1 aromatic carbocycles. The average Bonchev–Trinajstić information content (AvgIpc) is 2.70. The molecular weight excluding hydrogens is 230 g/mol. The summed E-state index contributed by atoms with van der Waals surface area (Å²) < 4.78 is 0. The van der Waals surface area contributed by atoms with E-state index >= 15 is 0 Å². The molecule has 0 radical (unpaired) electrons. The molecule has 0 unspecified atom stereocenters. The highest BCUT2D eigenvalue weighted by atomic mass is 32.1. The van der Waals surface area contributed by atoms with Crippen LogP contribution in [0.5, 0.6) is 0 Å². The number of nitrogens with one attached hydrogen (secondary N) is 1. The maximum atomic E-state index is 5.87. The molecule has 4 heteroatoms. The number of nitrogens with two attached hydrogens (primary N) is 1. The van der Waals surface area contributed by atoms with Crippen LogP contribution in [0, 0.1) is 13.8 Å². The average molecular weight is 247 g/mol. The van der Waals surface area contributed by atoms with Gasteiger partial charge in [0.05, 0.1) is 5.01 Å². The highest BCUT2D eigenvalue weighted by Crippen LogP contribution is 2.14. The fourth-order valence-corrected chi connectivity index (χ4v) is 2.38. The molecule has 0 atom stereocenters. The first-order chi connectivity index (χ1) is 8.15. The van der Waals surface area contributed by atoms with Crippen LogP contribution in [0.15, 0.2) is 24.4 Å². The van der Waals surface area contributed by atoms with Gasteiger partial charge < -0.3 is 11.1 Å². The van der Waals surface area contributed by atoms with Crippen molar-refractivity contribution in [1.29, 1.82) is 0 Å². The summed E-state index contributed by atoms with van der Waals surface area (Å²) in [6, 6.07) is 6.19. The number of rotatable bonds is 4. The smallest absolute Gasteiger partial charge is 0.0897 e. The molecule has 0 bridgehead atoms. The first-order valence-corrected chi connectivity index (χ1v) is 6.44. The van der Waals surface area contributed by atoms with Gasteiger partial charge in [-0.1, -0.05) is 12.1 Å². The number of nitrogens with zero attached hydrogens (tertiary/aromatic N) is 1. The molecule has 0 saturated heterocycles. The van der Waals surface area contributed by atoms with Gasteiger partial charge in [-0.3, -0.25) is 0 Å². The highest BCUT2D eigenvalue weighted by Gasteiger charge is 1.99. The highest BCUT2D eigenvalue weighted by molar-refractivity contribution is 7.11. The van der Waals surface area contributed by atoms with Gasteiger partial charge in [-0.15, -0.1) is 11.3 Å². The third kappa shape index (κ3) is 3.28. The number of hydrogen-bond donors (Lipinski definition) is 2. The summed E-state index contributed by atoms with van der Waals surface area (Å²) in [5, 5.41) is 4.51. The molecule has 2 aromatic rings. The van der Waals surface area contributed by atoms with Crippen LogP contribution in [-0.4, -0.2) is 4.98 Å². The lowest BCUT2D eigenvalue weighted by molar-refractivity contribution is 0.700. The van der Waals surface area contributed by atoms with Crippen molar-refractivity contribution in [3.8, 4) is 0 Å². The Bertz CT molecular complexity index is 505. The molecule has 1 aromatic heterocycles. The Morgan fingerprint density at radius 3 is 2.76 bits per heavy atom. The Kier molecular flexibility index (Phi) is 3.76. The molecule has 2 rings (SSSR count). The van der Waals surface area contributed by atoms with Crippen molar-refractivity contribution in [1.82, 2.24) is 10.3 Å². The molecule has 0 saturated carbocycles. The zero-order chi connectivity index (χ0) is 12.3. The molecule has 17 heavy (non-hydrogen) atoms. The molecule has 0 fully saturated rings. The second-order valence-corrected chi connectivity index (χ2v) is 5.46. The van der Waals surface area contributed by atoms with Gasteiger partial charge in [0, 0.05) is 29.9 Å². The summed E-state index contributed by atoms with van der Waals surface area (Å²) in [6.07, 6.45) is 1.93. The summed E-state index contributed by atoms with van der Waals surface area (Å²) >= 11 is 1.73. The predicted molar refractivity (Wildman–Crippen MR) is 73.0 cm³/mol. The second kappa shape index (κ2) is 5.29. The Morgan fingerprint density at radius 2 is 2.12 bits per heavy atom. The summed E-state index contributed by atoms with van der Waals surface area (Å²) in [4.78, 5) is 5.49. The number of anilines is 1. The van der Waals surface area contributed by atoms with Crippen LogP contribution in [0.4, 0.5) is 5.69 Å². The minimum atomic E-state index is 0.835. The van der Waals surface area contributed by atoms with Crippen LogP contribution < -0.4 is 11.1 Å². The summed E-state index contributed by atoms with van der Waals surface area (Å²) in [5.41, 5.74) is 9.08. The van der Waals surface area contributed by atoms with Gasteiger partial charge in [-0.2, -0.15) is 0 Å². The van der Waals surface area contributed by atoms with E-state index in [1.54, 1.807) is 11.3 Å². The fraction of sp³-hybridized carbons (Fsp3) is 0.308. The van der Waals surface area contributed by atoms with E-state index in [1.807, 2.05) is 26.1 Å². The number of thiazole rings is 1. The lowest BCUT2D eigenvalue weighted by Gasteiger charge is -2.06. The van der Waals surface area contributed by atoms with Gasteiger partial charge in [0.1, 0.15) is 0 Å². The summed E-state index contributed by atoms with van der Waals surface area (Å²) in [7, 11) is 0. The molecule has 0 spiro atoms. The van der Waals surface area contributed by atoms with Crippen LogP contribution >= 0.6 is 11.3 Å². The molecule has 0 aliphatic rings. The van der Waals surface area contributed by atoms with Gasteiger partial charge in [-0.25, -0.2) is 4.98 Å². The first-order valence-electron chi connectivity index (χ1n) is 5.62. The second-order valence-electron chi connectivity index (χ2n) is 4.14. The van der Waals surface area contributed by atoms with E-state index in [0.717, 1.165) is 29.3 Å². The van der Waals surface area contributed by atoms with E-state index in [9.17, 15) is 0 Å². The van der Waals surface area contributed by atoms with E-state index in [2.05, 4.69) is 22.4 Å². The SMILES string of the molecule is Cc1ncc(CNCc2ccc(C)c(N)c2)s1. The van der Waals surface area contributed by atoms with Crippen LogP contribution in [0.2, 0.25) is 0 Å². The molecule has 90 valence electrons. The summed E-state index contributed by atoms with van der Waals surface area (Å²) in [6.45, 7) is 5.74. The molecule has 3 N–H and O–H groups in total. The van der Waals surface area contributed by atoms with Crippen LogP contribution in [0.1, 0.15) is 21.0 Å². The van der Waals surface area contributed by atoms with Crippen molar-refractivity contribution in [2.75, 3.05) is 5.73 Å². The number of aromatic nitrogens is 1. The number of aryl methyl sites for hydroxylation is 2. The van der Waals surface area contributed by atoms with Gasteiger partial charge in [0.2, 0.25) is 0 Å². The van der Waals surface area contributed by atoms with E-state index in [-0.39, 0.29) is 0 Å². The molecule has 0 aliphatic heterocycles. The van der Waals surface area contributed by atoms with Crippen molar-refractivity contribution >= 4 is 17.0 Å². The van der Waals surface area contributed by atoms with Crippen LogP contribution in [0.3, 0.4) is 0 Å². The van der Waals surface area contributed by atoms with E-state index < -0.39 is 0 Å². The Labute approximate surface area is 106 Å². The monoisotopic (exact) mass is 247 g/mol. The Hall–Kier alpha value is -1.39. The van der Waals surface area contributed by atoms with Gasteiger partial charge in [0.15, 0.2) is 0 Å². The zero-order valence-electron chi connectivity index (χ0n) is 10.2. The third-order valence-corrected chi connectivity index (χ3v) is 3.55. The molecular formula is C13H17N3S. The van der Waals surface area contributed by atoms with Crippen molar-refractivity contribution in [2.24, 2.45) is 0 Å². The van der Waals surface area contributed by atoms with E-state index in [0.29, 0.717) is 0 Å². The van der Waals surface area contributed by atoms with Gasteiger partial charge >= 0.3 is 0 Å². The lowest BCUT2D eigenvalue weighted by atomic mass is 10.1. The van der Waals surface area contributed by atoms with Crippen molar-refractivity contribution in [3.63, 3.8) is 0 Å². The third-order valence-electron chi connectivity index (χ3n) is 2.64.